The summed E-state index contributed by atoms with van der Waals surface area (Å²) in [5.41, 5.74) is 1.76. The van der Waals surface area contributed by atoms with Gasteiger partial charge in [0.2, 0.25) is 6.79 Å². The van der Waals surface area contributed by atoms with Gasteiger partial charge in [0, 0.05) is 36.0 Å². The van der Waals surface area contributed by atoms with E-state index in [1.54, 1.807) is 36.4 Å². The van der Waals surface area contributed by atoms with Gasteiger partial charge in [0.1, 0.15) is 0 Å². The van der Waals surface area contributed by atoms with Crippen molar-refractivity contribution < 1.29 is 33.4 Å². The number of ether oxygens (including phenoxy) is 3. The molecule has 2 aliphatic heterocycles. The molecule has 0 aliphatic carbocycles. The van der Waals surface area contributed by atoms with Gasteiger partial charge in [0.25, 0.3) is 17.7 Å². The molecule has 0 saturated heterocycles. The summed E-state index contributed by atoms with van der Waals surface area (Å²) in [4.78, 5) is 51.7. The zero-order chi connectivity index (χ0) is 25.2. The van der Waals surface area contributed by atoms with Crippen molar-refractivity contribution in [2.45, 2.75) is 32.4 Å². The normalized spacial score (nSPS) is 14.6. The van der Waals surface area contributed by atoms with Crippen molar-refractivity contribution in [1.82, 2.24) is 10.2 Å². The molecule has 1 N–H and O–H groups in total. The molecular weight excluding hydrogens is 464 g/mol. The number of fused-ring (bicyclic) bond motifs is 1. The number of esters is 1. The number of imide groups is 1. The monoisotopic (exact) mass is 488 g/mol. The Morgan fingerprint density at radius 3 is 2.42 bits per heavy atom. The van der Waals surface area contributed by atoms with E-state index in [0.717, 1.165) is 15.8 Å². The molecule has 3 amide bonds. The minimum atomic E-state index is -0.991. The second-order valence-corrected chi connectivity index (χ2v) is 8.61. The summed E-state index contributed by atoms with van der Waals surface area (Å²) in [5, 5.41) is 4.22. The van der Waals surface area contributed by atoms with Gasteiger partial charge in [-0.3, -0.25) is 24.1 Å². The zero-order valence-electron chi connectivity index (χ0n) is 19.6. The van der Waals surface area contributed by atoms with Crippen LogP contribution in [0.15, 0.2) is 54.6 Å². The van der Waals surface area contributed by atoms with Crippen LogP contribution in [0.5, 0.6) is 11.5 Å². The fraction of sp³-hybridized carbons (Fsp3) is 0.259. The summed E-state index contributed by atoms with van der Waals surface area (Å²) in [7, 11) is 0. The Morgan fingerprint density at radius 1 is 1.00 bits per heavy atom. The number of rotatable bonds is 8. The Morgan fingerprint density at radius 2 is 1.69 bits per heavy atom. The molecule has 0 fully saturated rings. The van der Waals surface area contributed by atoms with Crippen LogP contribution in [0.4, 0.5) is 0 Å². The summed E-state index contributed by atoms with van der Waals surface area (Å²) in [6.45, 7) is 1.97. The van der Waals surface area contributed by atoms with Gasteiger partial charge in [0.15, 0.2) is 17.6 Å². The summed E-state index contributed by atoms with van der Waals surface area (Å²) < 4.78 is 15.8. The molecule has 184 valence electrons. The van der Waals surface area contributed by atoms with E-state index in [-0.39, 0.29) is 44.5 Å². The van der Waals surface area contributed by atoms with Crippen LogP contribution in [0.3, 0.4) is 0 Å². The first-order valence-electron chi connectivity index (χ1n) is 11.7. The lowest BCUT2D eigenvalue weighted by Crippen LogP contribution is -2.41. The summed E-state index contributed by atoms with van der Waals surface area (Å²) in [6, 6.07) is 16.0. The number of hydrogen-bond donors (Lipinski definition) is 1. The third-order valence-corrected chi connectivity index (χ3v) is 6.20. The molecule has 9 heteroatoms. The predicted octanol–water partition coefficient (Wildman–Crippen LogP) is 3.19. The van der Waals surface area contributed by atoms with Gasteiger partial charge in [-0.2, -0.15) is 0 Å². The molecule has 0 aromatic heterocycles. The van der Waals surface area contributed by atoms with Crippen molar-refractivity contribution >= 4 is 34.5 Å². The van der Waals surface area contributed by atoms with Crippen molar-refractivity contribution in [3.05, 3.63) is 71.3 Å². The minimum absolute atomic E-state index is 0.0390. The van der Waals surface area contributed by atoms with Gasteiger partial charge in [-0.05, 0) is 48.6 Å². The standard InChI is InChI=1S/C27H24N2O7/c1-16(25(31)28-14-17-10-11-21-22(13-17)35-15-34-21)36-23(30)9-4-12-29-26(32)19-7-2-5-18-6-3-8-20(24(18)19)27(29)33/h2-3,5-8,10-11,13,16H,4,9,12,14-15H2,1H3,(H,28,31)/t16-/m0/s1. The largest absolute Gasteiger partial charge is 0.454 e. The van der Waals surface area contributed by atoms with E-state index in [1.807, 2.05) is 18.2 Å². The lowest BCUT2D eigenvalue weighted by Gasteiger charge is -2.27. The molecule has 0 bridgehead atoms. The first kappa shape index (κ1) is 23.3. The van der Waals surface area contributed by atoms with Crippen LogP contribution in [-0.2, 0) is 20.9 Å². The Bertz CT molecular complexity index is 1330. The van der Waals surface area contributed by atoms with Gasteiger partial charge < -0.3 is 19.5 Å². The zero-order valence-corrected chi connectivity index (χ0v) is 19.6. The van der Waals surface area contributed by atoms with E-state index in [1.165, 1.54) is 6.92 Å². The van der Waals surface area contributed by atoms with E-state index in [4.69, 9.17) is 14.2 Å². The fourth-order valence-electron chi connectivity index (χ4n) is 4.36. The number of nitrogens with zero attached hydrogens (tertiary/aromatic N) is 1. The third-order valence-electron chi connectivity index (χ3n) is 6.20. The van der Waals surface area contributed by atoms with Crippen LogP contribution < -0.4 is 14.8 Å². The molecule has 36 heavy (non-hydrogen) atoms. The van der Waals surface area contributed by atoms with Crippen LogP contribution >= 0.6 is 0 Å². The first-order valence-corrected chi connectivity index (χ1v) is 11.7. The topological polar surface area (TPSA) is 111 Å². The van der Waals surface area contributed by atoms with Crippen molar-refractivity contribution in [2.24, 2.45) is 0 Å². The van der Waals surface area contributed by atoms with Gasteiger partial charge in [-0.25, -0.2) is 0 Å². The Labute approximate surface area is 206 Å². The van der Waals surface area contributed by atoms with E-state index in [9.17, 15) is 19.2 Å². The van der Waals surface area contributed by atoms with E-state index in [2.05, 4.69) is 5.32 Å². The molecule has 2 aliphatic rings. The molecule has 9 nitrogen and oxygen atoms in total. The first-order chi connectivity index (χ1) is 17.4. The third kappa shape index (κ3) is 4.47. The van der Waals surface area contributed by atoms with Crippen molar-refractivity contribution in [1.29, 1.82) is 0 Å². The molecule has 0 saturated carbocycles. The fourth-order valence-corrected chi connectivity index (χ4v) is 4.36. The van der Waals surface area contributed by atoms with Gasteiger partial charge >= 0.3 is 5.97 Å². The van der Waals surface area contributed by atoms with E-state index >= 15 is 0 Å². The van der Waals surface area contributed by atoms with Crippen molar-refractivity contribution in [2.75, 3.05) is 13.3 Å². The van der Waals surface area contributed by atoms with Crippen LogP contribution in [0.25, 0.3) is 10.8 Å². The molecular formula is C27H24N2O7. The Kier molecular flexibility index (Phi) is 6.28. The average molecular weight is 488 g/mol. The second kappa shape index (κ2) is 9.69. The number of amides is 3. The number of carbonyl (C=O) groups is 4. The highest BCUT2D eigenvalue weighted by Gasteiger charge is 2.32. The Balaban J connectivity index is 1.10. The quantitative estimate of drug-likeness (QED) is 0.383. The smallest absolute Gasteiger partial charge is 0.306 e. The summed E-state index contributed by atoms with van der Waals surface area (Å²) in [5.74, 6) is -0.510. The molecule has 0 unspecified atom stereocenters. The van der Waals surface area contributed by atoms with E-state index in [0.29, 0.717) is 28.0 Å². The van der Waals surface area contributed by atoms with E-state index < -0.39 is 18.0 Å². The lowest BCUT2D eigenvalue weighted by molar-refractivity contribution is -0.155. The second-order valence-electron chi connectivity index (χ2n) is 8.61. The predicted molar refractivity (Wildman–Crippen MR) is 129 cm³/mol. The summed E-state index contributed by atoms with van der Waals surface area (Å²) in [6.07, 6.45) is -0.808. The molecule has 2 heterocycles. The maximum absolute atomic E-state index is 12.9. The van der Waals surface area contributed by atoms with Crippen molar-refractivity contribution in [3.63, 3.8) is 0 Å². The SMILES string of the molecule is C[C@H](OC(=O)CCCN1C(=O)c2cccc3cccc(c23)C1=O)C(=O)NCc1ccc2c(c1)OCO2. The maximum atomic E-state index is 12.9. The molecule has 3 aromatic carbocycles. The highest BCUT2D eigenvalue weighted by atomic mass is 16.7. The maximum Gasteiger partial charge on any atom is 0.306 e. The Hall–Kier alpha value is -4.40. The molecule has 5 rings (SSSR count). The molecule has 1 atom stereocenters. The van der Waals surface area contributed by atoms with Crippen LogP contribution in [0, 0.1) is 0 Å². The van der Waals surface area contributed by atoms with Crippen LogP contribution in [0.1, 0.15) is 46.0 Å². The minimum Gasteiger partial charge on any atom is -0.454 e. The molecule has 0 spiro atoms. The lowest BCUT2D eigenvalue weighted by atomic mass is 9.94. The van der Waals surface area contributed by atoms with Gasteiger partial charge in [-0.15, -0.1) is 0 Å². The number of benzene rings is 3. The number of nitrogens with one attached hydrogen (secondary N) is 1. The van der Waals surface area contributed by atoms with Crippen LogP contribution in [0.2, 0.25) is 0 Å². The highest BCUT2D eigenvalue weighted by Crippen LogP contribution is 2.32. The number of carbonyl (C=O) groups excluding carboxylic acids is 4. The van der Waals surface area contributed by atoms with Crippen LogP contribution in [-0.4, -0.2) is 48.0 Å². The summed E-state index contributed by atoms with van der Waals surface area (Å²) >= 11 is 0. The number of hydrogen-bond acceptors (Lipinski definition) is 7. The van der Waals surface area contributed by atoms with Crippen molar-refractivity contribution in [3.8, 4) is 11.5 Å². The molecule has 3 aromatic rings. The average Bonchev–Trinajstić information content (AvgIpc) is 3.35. The van der Waals surface area contributed by atoms with Gasteiger partial charge in [0.05, 0.1) is 0 Å². The van der Waals surface area contributed by atoms with Gasteiger partial charge in [-0.1, -0.05) is 30.3 Å². The highest BCUT2D eigenvalue weighted by molar-refractivity contribution is 6.25. The molecule has 0 radical (unpaired) electrons.